The highest BCUT2D eigenvalue weighted by Crippen LogP contribution is 2.50. The van der Waals surface area contributed by atoms with Gasteiger partial charge >= 0.3 is 5.97 Å². The Morgan fingerprint density at radius 2 is 1.74 bits per heavy atom. The SMILES string of the molecule is CCCCCC1C=CC(CCCCCC(C(=O)O)C(O)CCC2(O)CC(CC3=CCNC(N)=C3)CC2C(O)c2ccc(-c3cc(O)cc(O)c3)[nH]2)C(O)C1. The van der Waals surface area contributed by atoms with Gasteiger partial charge in [-0.1, -0.05) is 63.7 Å². The van der Waals surface area contributed by atoms with E-state index in [0.717, 1.165) is 37.7 Å². The van der Waals surface area contributed by atoms with Crippen molar-refractivity contribution < 1.29 is 40.5 Å². The van der Waals surface area contributed by atoms with E-state index in [-0.39, 0.29) is 42.3 Å². The van der Waals surface area contributed by atoms with E-state index in [0.29, 0.717) is 67.3 Å². The molecule has 9 unspecified atom stereocenters. The lowest BCUT2D eigenvalue weighted by atomic mass is 9.79. The molecule has 5 rings (SSSR count). The summed E-state index contributed by atoms with van der Waals surface area (Å²) in [5.74, 6) is -1.68. The number of allylic oxidation sites excluding steroid dienone is 3. The van der Waals surface area contributed by atoms with Crippen molar-refractivity contribution in [3.63, 3.8) is 0 Å². The molecular weight excluding hydrogens is 686 g/mol. The summed E-state index contributed by atoms with van der Waals surface area (Å²) in [5.41, 5.74) is 7.26. The lowest BCUT2D eigenvalue weighted by Gasteiger charge is -2.34. The summed E-state index contributed by atoms with van der Waals surface area (Å²) < 4.78 is 0. The summed E-state index contributed by atoms with van der Waals surface area (Å²) in [7, 11) is 0. The average molecular weight is 750 g/mol. The minimum Gasteiger partial charge on any atom is -0.508 e. The average Bonchev–Trinajstić information content (AvgIpc) is 3.74. The highest BCUT2D eigenvalue weighted by molar-refractivity contribution is 5.70. The summed E-state index contributed by atoms with van der Waals surface area (Å²) in [6, 6.07) is 7.69. The smallest absolute Gasteiger partial charge is 0.309 e. The first kappa shape index (κ1) is 41.4. The van der Waals surface area contributed by atoms with Gasteiger partial charge in [0.05, 0.1) is 35.7 Å². The van der Waals surface area contributed by atoms with Gasteiger partial charge in [0.15, 0.2) is 0 Å². The molecule has 9 atom stereocenters. The maximum atomic E-state index is 12.3. The molecule has 0 spiro atoms. The third-order valence-corrected chi connectivity index (χ3v) is 12.1. The zero-order chi connectivity index (χ0) is 38.8. The van der Waals surface area contributed by atoms with Gasteiger partial charge in [-0.15, -0.1) is 0 Å². The number of H-pyrrole nitrogens is 1. The number of unbranched alkanes of at least 4 members (excludes halogenated alkanes) is 4. The van der Waals surface area contributed by atoms with Gasteiger partial charge in [0.1, 0.15) is 11.5 Å². The summed E-state index contributed by atoms with van der Waals surface area (Å²) in [6.45, 7) is 2.80. The number of phenols is 2. The quantitative estimate of drug-likeness (QED) is 0.0522. The Morgan fingerprint density at radius 3 is 2.44 bits per heavy atom. The number of aromatic hydroxyl groups is 2. The number of rotatable bonds is 20. The number of aliphatic hydroxyl groups is 4. The second-order valence-corrected chi connectivity index (χ2v) is 16.3. The zero-order valence-corrected chi connectivity index (χ0v) is 31.7. The first-order valence-electron chi connectivity index (χ1n) is 20.1. The van der Waals surface area contributed by atoms with Gasteiger partial charge in [-0.25, -0.2) is 0 Å². The molecule has 1 aliphatic heterocycles. The van der Waals surface area contributed by atoms with Crippen molar-refractivity contribution in [1.82, 2.24) is 10.3 Å². The third kappa shape index (κ3) is 11.1. The molecule has 2 aromatic rings. The van der Waals surface area contributed by atoms with Crippen molar-refractivity contribution in [2.24, 2.45) is 35.3 Å². The Hall–Kier alpha value is -3.77. The Kier molecular flexibility index (Phi) is 14.7. The van der Waals surface area contributed by atoms with Crippen LogP contribution in [-0.4, -0.2) is 71.1 Å². The van der Waals surface area contributed by atoms with Crippen molar-refractivity contribution in [3.05, 3.63) is 71.7 Å². The topological polar surface area (TPSA) is 213 Å². The molecule has 1 aromatic heterocycles. The molecule has 11 heteroatoms. The van der Waals surface area contributed by atoms with Crippen LogP contribution in [0.5, 0.6) is 11.5 Å². The summed E-state index contributed by atoms with van der Waals surface area (Å²) >= 11 is 0. The number of aliphatic hydroxyl groups excluding tert-OH is 3. The number of hydrogen-bond acceptors (Lipinski definition) is 9. The highest BCUT2D eigenvalue weighted by atomic mass is 16.4. The van der Waals surface area contributed by atoms with Crippen LogP contribution in [-0.2, 0) is 4.79 Å². The molecule has 3 aliphatic rings. The fraction of sp³-hybridized carbons (Fsp3) is 0.605. The van der Waals surface area contributed by atoms with Crippen LogP contribution >= 0.6 is 0 Å². The molecule has 0 saturated heterocycles. The second kappa shape index (κ2) is 19.2. The Bertz CT molecular complexity index is 1600. The van der Waals surface area contributed by atoms with Crippen LogP contribution in [0.2, 0.25) is 0 Å². The molecule has 54 heavy (non-hydrogen) atoms. The number of carboxylic acids is 1. The molecule has 0 radical (unpaired) electrons. The van der Waals surface area contributed by atoms with Crippen molar-refractivity contribution in [2.45, 2.75) is 127 Å². The molecule has 298 valence electrons. The van der Waals surface area contributed by atoms with E-state index < -0.39 is 35.6 Å². The fourth-order valence-electron chi connectivity index (χ4n) is 9.14. The van der Waals surface area contributed by atoms with Gasteiger partial charge in [-0.05, 0) is 106 Å². The molecule has 0 bridgehead atoms. The van der Waals surface area contributed by atoms with E-state index in [1.165, 1.54) is 37.5 Å². The number of aromatic amines is 1. The standard InChI is InChI=1S/C43H63N3O8/c1-2-3-5-8-27-11-12-30(39(50)21-27)9-6-4-7-10-34(42(52)53)38(49)15-17-43(54)26-29(19-28-16-18-45-40(44)22-28)20-35(43)41(51)37-14-13-36(46-37)31-23-32(47)25-33(48)24-31/h11-14,16,22-25,27,29-30,34-35,38-39,41,45-51,54H,2-10,15,17-21,26,44H2,1H3,(H,52,53). The molecular formula is C43H63N3O8. The molecule has 1 aromatic carbocycles. The number of aliphatic carboxylic acids is 1. The van der Waals surface area contributed by atoms with Gasteiger partial charge in [-0.2, -0.15) is 0 Å². The van der Waals surface area contributed by atoms with E-state index in [9.17, 15) is 40.5 Å². The maximum Gasteiger partial charge on any atom is 0.309 e. The van der Waals surface area contributed by atoms with E-state index in [1.54, 1.807) is 12.1 Å². The summed E-state index contributed by atoms with van der Waals surface area (Å²) in [5, 5.41) is 79.1. The number of hydrogen-bond donors (Lipinski definition) is 10. The number of nitrogens with one attached hydrogen (secondary N) is 2. The first-order chi connectivity index (χ1) is 25.8. The molecule has 11 N–H and O–H groups in total. The Labute approximate surface area is 319 Å². The van der Waals surface area contributed by atoms with Crippen LogP contribution in [0.4, 0.5) is 0 Å². The highest BCUT2D eigenvalue weighted by Gasteiger charge is 2.50. The van der Waals surface area contributed by atoms with Crippen molar-refractivity contribution in [3.8, 4) is 22.8 Å². The van der Waals surface area contributed by atoms with E-state index in [1.807, 2.05) is 6.08 Å². The van der Waals surface area contributed by atoms with Crippen LogP contribution in [0.15, 0.2) is 66.0 Å². The predicted octanol–water partition coefficient (Wildman–Crippen LogP) is 6.53. The minimum atomic E-state index is -1.38. The number of phenolic OH excluding ortho intramolecular Hbond substituents is 2. The number of nitrogens with two attached hydrogens (primary N) is 1. The first-order valence-corrected chi connectivity index (χ1v) is 20.1. The van der Waals surface area contributed by atoms with Crippen LogP contribution in [0.3, 0.4) is 0 Å². The fourth-order valence-corrected chi connectivity index (χ4v) is 9.14. The van der Waals surface area contributed by atoms with Gasteiger partial charge in [-0.3, -0.25) is 4.79 Å². The van der Waals surface area contributed by atoms with Gasteiger partial charge in [0.25, 0.3) is 0 Å². The Morgan fingerprint density at radius 1 is 0.981 bits per heavy atom. The van der Waals surface area contributed by atoms with Crippen LogP contribution in [0.1, 0.15) is 115 Å². The number of dihydropyridines is 1. The second-order valence-electron chi connectivity index (χ2n) is 16.3. The van der Waals surface area contributed by atoms with Crippen molar-refractivity contribution in [1.29, 1.82) is 0 Å². The van der Waals surface area contributed by atoms with Gasteiger partial charge in [0.2, 0.25) is 0 Å². The van der Waals surface area contributed by atoms with Gasteiger partial charge < -0.3 is 51.8 Å². The van der Waals surface area contributed by atoms with Crippen molar-refractivity contribution in [2.75, 3.05) is 6.54 Å². The molecule has 2 heterocycles. The molecule has 1 fully saturated rings. The third-order valence-electron chi connectivity index (χ3n) is 12.1. The normalized spacial score (nSPS) is 27.2. The molecule has 2 aliphatic carbocycles. The van der Waals surface area contributed by atoms with Crippen molar-refractivity contribution >= 4 is 5.97 Å². The zero-order valence-electron chi connectivity index (χ0n) is 31.7. The monoisotopic (exact) mass is 749 g/mol. The summed E-state index contributed by atoms with van der Waals surface area (Å²) in [4.78, 5) is 15.5. The van der Waals surface area contributed by atoms with Crippen LogP contribution < -0.4 is 11.1 Å². The molecule has 0 amide bonds. The number of aromatic nitrogens is 1. The maximum absolute atomic E-state index is 12.3. The minimum absolute atomic E-state index is 0.0115. The van der Waals surface area contributed by atoms with Crippen LogP contribution in [0, 0.1) is 29.6 Å². The molecule has 11 nitrogen and oxygen atoms in total. The number of carbonyl (C=O) groups is 1. The number of carboxylic acid groups (broad SMARTS) is 1. The van der Waals surface area contributed by atoms with Crippen LogP contribution in [0.25, 0.3) is 11.3 Å². The van der Waals surface area contributed by atoms with Gasteiger partial charge in [0, 0.05) is 41.4 Å². The largest absolute Gasteiger partial charge is 0.508 e. The lowest BCUT2D eigenvalue weighted by molar-refractivity contribution is -0.147. The van der Waals surface area contributed by atoms with E-state index >= 15 is 0 Å². The lowest BCUT2D eigenvalue weighted by Crippen LogP contribution is -2.39. The molecule has 1 saturated carbocycles. The number of benzene rings is 1. The van der Waals surface area contributed by atoms with E-state index in [2.05, 4.69) is 35.5 Å². The summed E-state index contributed by atoms with van der Waals surface area (Å²) in [6.07, 6.45) is 16.5. The Balaban J connectivity index is 1.19. The predicted molar refractivity (Wildman–Crippen MR) is 209 cm³/mol. The van der Waals surface area contributed by atoms with E-state index in [4.69, 9.17) is 5.73 Å².